The molecule has 0 aromatic carbocycles. The molecule has 0 spiro atoms. The number of nitrogens with zero attached hydrogens (tertiary/aromatic N) is 2. The van der Waals surface area contributed by atoms with Gasteiger partial charge in [-0.3, -0.25) is 4.68 Å². The average molecular weight is 279 g/mol. The Kier molecular flexibility index (Phi) is 5.46. The monoisotopic (exact) mass is 279 g/mol. The smallest absolute Gasteiger partial charge is 0.161 e. The van der Waals surface area contributed by atoms with E-state index in [-0.39, 0.29) is 0 Å². The number of ether oxygens (including phenoxy) is 1. The van der Waals surface area contributed by atoms with Gasteiger partial charge in [-0.25, -0.2) is 0 Å². The molecule has 1 N–H and O–H groups in total. The molecule has 1 aromatic rings. The maximum atomic E-state index is 5.52. The molecule has 20 heavy (non-hydrogen) atoms. The molecule has 1 aromatic heterocycles. The van der Waals surface area contributed by atoms with Gasteiger partial charge in [-0.15, -0.1) is 0 Å². The van der Waals surface area contributed by atoms with Crippen molar-refractivity contribution in [3.63, 3.8) is 0 Å². The van der Waals surface area contributed by atoms with Crippen LogP contribution < -0.4 is 10.1 Å². The molecular formula is C16H29N3O. The zero-order valence-corrected chi connectivity index (χ0v) is 13.4. The lowest BCUT2D eigenvalue weighted by atomic mass is 9.84. The third-order valence-corrected chi connectivity index (χ3v) is 4.48. The van der Waals surface area contributed by atoms with Crippen LogP contribution in [-0.2, 0) is 0 Å². The second-order valence-corrected chi connectivity index (χ2v) is 6.22. The lowest BCUT2D eigenvalue weighted by Gasteiger charge is -2.27. The summed E-state index contributed by atoms with van der Waals surface area (Å²) in [5.74, 6) is 1.75. The number of rotatable bonds is 6. The zero-order valence-electron chi connectivity index (χ0n) is 13.4. The molecule has 4 nitrogen and oxygen atoms in total. The summed E-state index contributed by atoms with van der Waals surface area (Å²) in [7, 11) is 3.78. The summed E-state index contributed by atoms with van der Waals surface area (Å²) in [6, 6.07) is 0.689. The predicted octanol–water partition coefficient (Wildman–Crippen LogP) is 3.70. The van der Waals surface area contributed by atoms with Gasteiger partial charge in [0.15, 0.2) is 5.75 Å². The molecule has 0 radical (unpaired) electrons. The lowest BCUT2D eigenvalue weighted by molar-refractivity contribution is 0.291. The molecule has 0 bridgehead atoms. The molecule has 2 rings (SSSR count). The molecule has 0 aliphatic heterocycles. The van der Waals surface area contributed by atoms with Crippen molar-refractivity contribution in [2.75, 3.05) is 14.2 Å². The van der Waals surface area contributed by atoms with E-state index in [0.29, 0.717) is 12.1 Å². The second kappa shape index (κ2) is 7.11. The Balaban J connectivity index is 2.18. The van der Waals surface area contributed by atoms with Crippen molar-refractivity contribution in [2.45, 2.75) is 64.5 Å². The van der Waals surface area contributed by atoms with Crippen LogP contribution in [0.2, 0.25) is 0 Å². The fraction of sp³-hybridized carbons (Fsp3) is 0.812. The molecule has 1 aliphatic carbocycles. The Morgan fingerprint density at radius 1 is 1.35 bits per heavy atom. The van der Waals surface area contributed by atoms with Crippen LogP contribution in [0, 0.1) is 5.92 Å². The third kappa shape index (κ3) is 3.35. The molecule has 114 valence electrons. The largest absolute Gasteiger partial charge is 0.493 e. The maximum Gasteiger partial charge on any atom is 0.161 e. The van der Waals surface area contributed by atoms with Crippen molar-refractivity contribution in [1.82, 2.24) is 15.1 Å². The number of nitrogens with one attached hydrogen (secondary N) is 1. The van der Waals surface area contributed by atoms with E-state index in [2.05, 4.69) is 28.9 Å². The Labute approximate surface area is 122 Å². The number of methoxy groups -OCH3 is 1. The predicted molar refractivity (Wildman–Crippen MR) is 82.2 cm³/mol. The maximum absolute atomic E-state index is 5.52. The van der Waals surface area contributed by atoms with Crippen LogP contribution in [-0.4, -0.2) is 23.9 Å². The molecule has 0 saturated heterocycles. The summed E-state index contributed by atoms with van der Waals surface area (Å²) in [6.07, 6.45) is 9.97. The lowest BCUT2D eigenvalue weighted by Crippen LogP contribution is -2.25. The Hall–Kier alpha value is -1.03. The van der Waals surface area contributed by atoms with Crippen LogP contribution in [0.5, 0.6) is 5.75 Å². The minimum atomic E-state index is 0.331. The van der Waals surface area contributed by atoms with Gasteiger partial charge in [0, 0.05) is 6.04 Å². The summed E-state index contributed by atoms with van der Waals surface area (Å²) in [4.78, 5) is 0. The van der Waals surface area contributed by atoms with Crippen LogP contribution in [0.4, 0.5) is 0 Å². The van der Waals surface area contributed by atoms with Crippen molar-refractivity contribution in [1.29, 1.82) is 0 Å². The second-order valence-electron chi connectivity index (χ2n) is 6.22. The van der Waals surface area contributed by atoms with Crippen LogP contribution in [0.15, 0.2) is 6.20 Å². The van der Waals surface area contributed by atoms with Gasteiger partial charge in [0.25, 0.3) is 0 Å². The SMILES string of the molecule is CNC(CC1CCCCC1)c1c(OC)cnn1C(C)C. The van der Waals surface area contributed by atoms with E-state index < -0.39 is 0 Å². The number of aromatic nitrogens is 2. The van der Waals surface area contributed by atoms with E-state index in [1.807, 2.05) is 13.2 Å². The van der Waals surface area contributed by atoms with E-state index in [4.69, 9.17) is 4.74 Å². The summed E-state index contributed by atoms with van der Waals surface area (Å²) in [6.45, 7) is 4.34. The van der Waals surface area contributed by atoms with Crippen LogP contribution in [0.3, 0.4) is 0 Å². The zero-order chi connectivity index (χ0) is 14.5. The quantitative estimate of drug-likeness (QED) is 0.863. The Morgan fingerprint density at radius 2 is 2.05 bits per heavy atom. The highest BCUT2D eigenvalue weighted by molar-refractivity contribution is 5.28. The standard InChI is InChI=1S/C16H29N3O/c1-12(2)19-16(15(20-4)11-18-19)14(17-3)10-13-8-6-5-7-9-13/h11-14,17H,5-10H2,1-4H3. The van der Waals surface area contributed by atoms with Crippen LogP contribution in [0.25, 0.3) is 0 Å². The fourth-order valence-electron chi connectivity index (χ4n) is 3.38. The van der Waals surface area contributed by atoms with Crippen molar-refractivity contribution >= 4 is 0 Å². The van der Waals surface area contributed by atoms with Crippen molar-refractivity contribution in [3.05, 3.63) is 11.9 Å². The molecule has 0 amide bonds. The van der Waals surface area contributed by atoms with Crippen molar-refractivity contribution < 1.29 is 4.74 Å². The first kappa shape index (κ1) is 15.4. The highest BCUT2D eigenvalue weighted by atomic mass is 16.5. The highest BCUT2D eigenvalue weighted by Crippen LogP contribution is 2.35. The van der Waals surface area contributed by atoms with Crippen molar-refractivity contribution in [2.24, 2.45) is 5.92 Å². The molecular weight excluding hydrogens is 250 g/mol. The van der Waals surface area contributed by atoms with E-state index in [9.17, 15) is 0 Å². The van der Waals surface area contributed by atoms with Gasteiger partial charge in [0.1, 0.15) is 0 Å². The van der Waals surface area contributed by atoms with Gasteiger partial charge in [0.05, 0.1) is 25.0 Å². The summed E-state index contributed by atoms with van der Waals surface area (Å²) in [5.41, 5.74) is 1.20. The molecule has 1 fully saturated rings. The van der Waals surface area contributed by atoms with Crippen molar-refractivity contribution in [3.8, 4) is 5.75 Å². The Morgan fingerprint density at radius 3 is 2.60 bits per heavy atom. The number of hydrogen-bond donors (Lipinski definition) is 1. The minimum Gasteiger partial charge on any atom is -0.493 e. The summed E-state index contributed by atoms with van der Waals surface area (Å²) in [5, 5.41) is 7.98. The van der Waals surface area contributed by atoms with Crippen LogP contribution in [0.1, 0.15) is 70.2 Å². The van der Waals surface area contributed by atoms with Gasteiger partial charge >= 0.3 is 0 Å². The number of hydrogen-bond acceptors (Lipinski definition) is 3. The van der Waals surface area contributed by atoms with Gasteiger partial charge in [-0.05, 0) is 33.2 Å². The first-order valence-corrected chi connectivity index (χ1v) is 7.96. The molecule has 1 unspecified atom stereocenters. The topological polar surface area (TPSA) is 39.1 Å². The fourth-order valence-corrected chi connectivity index (χ4v) is 3.38. The first-order valence-electron chi connectivity index (χ1n) is 7.96. The molecule has 4 heteroatoms. The third-order valence-electron chi connectivity index (χ3n) is 4.48. The molecule has 1 atom stereocenters. The highest BCUT2D eigenvalue weighted by Gasteiger charge is 2.25. The van der Waals surface area contributed by atoms with E-state index in [1.165, 1.54) is 44.2 Å². The first-order chi connectivity index (χ1) is 9.67. The van der Waals surface area contributed by atoms with E-state index in [1.54, 1.807) is 7.11 Å². The van der Waals surface area contributed by atoms with E-state index >= 15 is 0 Å². The Bertz CT molecular complexity index is 408. The summed E-state index contributed by atoms with van der Waals surface area (Å²) >= 11 is 0. The van der Waals surface area contributed by atoms with Gasteiger partial charge in [-0.2, -0.15) is 5.10 Å². The molecule has 1 heterocycles. The van der Waals surface area contributed by atoms with E-state index in [0.717, 1.165) is 11.7 Å². The molecule has 1 aliphatic rings. The minimum absolute atomic E-state index is 0.331. The normalized spacial score (nSPS) is 18.4. The molecule has 1 saturated carbocycles. The van der Waals surface area contributed by atoms with Gasteiger partial charge in [-0.1, -0.05) is 32.1 Å². The van der Waals surface area contributed by atoms with Gasteiger partial charge < -0.3 is 10.1 Å². The van der Waals surface area contributed by atoms with Gasteiger partial charge in [0.2, 0.25) is 0 Å². The van der Waals surface area contributed by atoms with Crippen LogP contribution >= 0.6 is 0 Å². The average Bonchev–Trinajstić information content (AvgIpc) is 2.89. The summed E-state index contributed by atoms with van der Waals surface area (Å²) < 4.78 is 7.62.